The van der Waals surface area contributed by atoms with E-state index in [9.17, 15) is 0 Å². The zero-order valence-electron chi connectivity index (χ0n) is 12.6. The third kappa shape index (κ3) is 2.15. The van der Waals surface area contributed by atoms with Crippen molar-refractivity contribution in [2.75, 3.05) is 5.73 Å². The van der Waals surface area contributed by atoms with Crippen molar-refractivity contribution in [3.63, 3.8) is 0 Å². The lowest BCUT2D eigenvalue weighted by molar-refractivity contribution is -0.0580. The summed E-state index contributed by atoms with van der Waals surface area (Å²) in [4.78, 5) is 0. The van der Waals surface area contributed by atoms with Crippen molar-refractivity contribution in [1.29, 1.82) is 0 Å². The van der Waals surface area contributed by atoms with Gasteiger partial charge in [-0.2, -0.15) is 5.10 Å². The van der Waals surface area contributed by atoms with E-state index in [2.05, 4.69) is 5.10 Å². The molecule has 1 aromatic rings. The molecule has 0 aromatic carbocycles. The fourth-order valence-corrected chi connectivity index (χ4v) is 5.91. The van der Waals surface area contributed by atoms with Gasteiger partial charge in [-0.15, -0.1) is 0 Å². The van der Waals surface area contributed by atoms with Crippen LogP contribution in [0.1, 0.15) is 57.1 Å². The molecule has 4 saturated carbocycles. The fraction of sp³-hybridized carbons (Fsp3) is 0.824. The summed E-state index contributed by atoms with van der Waals surface area (Å²) in [5.74, 6) is 4.01. The molecule has 0 amide bonds. The molecule has 0 atom stereocenters. The number of nitrogen functional groups attached to an aromatic ring is 1. The Morgan fingerprint density at radius 1 is 1.20 bits per heavy atom. The summed E-state index contributed by atoms with van der Waals surface area (Å²) in [7, 11) is 1.93. The predicted molar refractivity (Wildman–Crippen MR) is 81.2 cm³/mol. The van der Waals surface area contributed by atoms with Crippen LogP contribution in [0.15, 0.2) is 6.07 Å². The first kappa shape index (κ1) is 12.7. The molecular weight excluding hydrogens is 246 g/mol. The molecule has 0 aliphatic heterocycles. The van der Waals surface area contributed by atoms with Gasteiger partial charge in [0.15, 0.2) is 0 Å². The molecule has 110 valence electrons. The zero-order chi connectivity index (χ0) is 13.7. The van der Waals surface area contributed by atoms with E-state index in [1.807, 2.05) is 13.1 Å². The summed E-state index contributed by atoms with van der Waals surface area (Å²) >= 11 is 0. The number of nitrogens with zero attached hydrogens (tertiary/aromatic N) is 2. The van der Waals surface area contributed by atoms with Crippen LogP contribution in [0.5, 0.6) is 0 Å². The monoisotopic (exact) mass is 273 g/mol. The van der Waals surface area contributed by atoms with Gasteiger partial charge in [-0.1, -0.05) is 0 Å². The first-order chi connectivity index (χ1) is 9.62. The van der Waals surface area contributed by atoms with Crippen LogP contribution in [-0.2, 0) is 13.5 Å². The molecule has 4 aliphatic rings. The van der Waals surface area contributed by atoms with E-state index < -0.39 is 0 Å². The maximum atomic E-state index is 5.86. The normalized spacial score (nSPS) is 38.5. The number of hydrogen-bond donors (Lipinski definition) is 1. The Morgan fingerprint density at radius 3 is 2.30 bits per heavy atom. The summed E-state index contributed by atoms with van der Waals surface area (Å²) in [6.07, 6.45) is 13.1. The van der Waals surface area contributed by atoms with Crippen LogP contribution in [0.4, 0.5) is 5.82 Å². The third-order valence-electron chi connectivity index (χ3n) is 6.27. The highest BCUT2D eigenvalue weighted by molar-refractivity contribution is 5.30. The van der Waals surface area contributed by atoms with Crippen molar-refractivity contribution in [3.05, 3.63) is 11.8 Å². The van der Waals surface area contributed by atoms with Crippen LogP contribution in [0.2, 0.25) is 0 Å². The average molecular weight is 273 g/mol. The lowest BCUT2D eigenvalue weighted by Crippen LogP contribution is -2.45. The molecule has 3 nitrogen and oxygen atoms in total. The third-order valence-corrected chi connectivity index (χ3v) is 6.27. The minimum absolute atomic E-state index is 0.717. The molecule has 1 heterocycles. The van der Waals surface area contributed by atoms with Gasteiger partial charge in [-0.3, -0.25) is 4.68 Å². The van der Waals surface area contributed by atoms with E-state index >= 15 is 0 Å². The van der Waals surface area contributed by atoms with Crippen molar-refractivity contribution in [1.82, 2.24) is 9.78 Å². The van der Waals surface area contributed by atoms with Crippen LogP contribution in [0.3, 0.4) is 0 Å². The maximum absolute atomic E-state index is 5.86. The highest BCUT2D eigenvalue weighted by Gasteiger charge is 2.50. The molecule has 2 N–H and O–H groups in total. The SMILES string of the molecule is Cn1nc(CCCC23CC4CC(CC(C4)C2)C3)cc1N. The Labute approximate surface area is 121 Å². The molecule has 0 radical (unpaired) electrons. The minimum atomic E-state index is 0.717. The molecule has 5 rings (SSSR count). The summed E-state index contributed by atoms with van der Waals surface area (Å²) in [5, 5.41) is 4.49. The Bertz CT molecular complexity index is 448. The van der Waals surface area contributed by atoms with Gasteiger partial charge in [0, 0.05) is 13.1 Å². The molecule has 1 aromatic heterocycles. The lowest BCUT2D eigenvalue weighted by Gasteiger charge is -2.57. The van der Waals surface area contributed by atoms with Gasteiger partial charge in [-0.05, 0) is 81.0 Å². The minimum Gasteiger partial charge on any atom is -0.384 e. The van der Waals surface area contributed by atoms with E-state index in [-0.39, 0.29) is 0 Å². The van der Waals surface area contributed by atoms with Crippen molar-refractivity contribution in [2.24, 2.45) is 30.2 Å². The van der Waals surface area contributed by atoms with Crippen molar-refractivity contribution in [3.8, 4) is 0 Å². The topological polar surface area (TPSA) is 43.8 Å². The fourth-order valence-electron chi connectivity index (χ4n) is 5.91. The average Bonchev–Trinajstić information content (AvgIpc) is 2.66. The standard InChI is InChI=1S/C17H27N3/c1-20-16(18)8-15(19-20)3-2-4-17-9-12-5-13(10-17)7-14(6-12)11-17/h8,12-14H,2-7,9-11,18H2,1H3. The van der Waals surface area contributed by atoms with Crippen LogP contribution in [0.25, 0.3) is 0 Å². The first-order valence-corrected chi connectivity index (χ1v) is 8.40. The highest BCUT2D eigenvalue weighted by atomic mass is 15.3. The Hall–Kier alpha value is -0.990. The second-order valence-electron chi connectivity index (χ2n) is 7.96. The summed E-state index contributed by atoms with van der Waals surface area (Å²) in [5.41, 5.74) is 7.75. The number of rotatable bonds is 4. The molecular formula is C17H27N3. The zero-order valence-corrected chi connectivity index (χ0v) is 12.6. The second kappa shape index (κ2) is 4.51. The van der Waals surface area contributed by atoms with Gasteiger partial charge in [-0.25, -0.2) is 0 Å². The van der Waals surface area contributed by atoms with Crippen molar-refractivity contribution < 1.29 is 0 Å². The lowest BCUT2D eigenvalue weighted by atomic mass is 9.48. The molecule has 3 heteroatoms. The number of hydrogen-bond acceptors (Lipinski definition) is 2. The summed E-state index contributed by atoms with van der Waals surface area (Å²) < 4.78 is 1.79. The van der Waals surface area contributed by atoms with Crippen molar-refractivity contribution in [2.45, 2.75) is 57.8 Å². The molecule has 4 aliphatic carbocycles. The molecule has 20 heavy (non-hydrogen) atoms. The molecule has 4 fully saturated rings. The molecule has 0 spiro atoms. The maximum Gasteiger partial charge on any atom is 0.121 e. The largest absolute Gasteiger partial charge is 0.384 e. The van der Waals surface area contributed by atoms with E-state index in [0.29, 0.717) is 0 Å². The summed E-state index contributed by atoms with van der Waals surface area (Å²) in [6.45, 7) is 0. The molecule has 0 saturated heterocycles. The van der Waals surface area contributed by atoms with Gasteiger partial charge in [0.2, 0.25) is 0 Å². The van der Waals surface area contributed by atoms with Crippen LogP contribution >= 0.6 is 0 Å². The van der Waals surface area contributed by atoms with Crippen LogP contribution in [0, 0.1) is 23.2 Å². The van der Waals surface area contributed by atoms with Crippen LogP contribution in [-0.4, -0.2) is 9.78 Å². The van der Waals surface area contributed by atoms with Gasteiger partial charge < -0.3 is 5.73 Å². The number of aryl methyl sites for hydroxylation is 2. The van der Waals surface area contributed by atoms with E-state index in [1.165, 1.54) is 37.8 Å². The predicted octanol–water partition coefficient (Wildman–Crippen LogP) is 3.54. The second-order valence-corrected chi connectivity index (χ2v) is 7.96. The van der Waals surface area contributed by atoms with E-state index in [4.69, 9.17) is 5.73 Å². The Kier molecular flexibility index (Phi) is 2.87. The van der Waals surface area contributed by atoms with E-state index in [0.717, 1.165) is 35.4 Å². The number of anilines is 1. The Balaban J connectivity index is 1.37. The first-order valence-electron chi connectivity index (χ1n) is 8.40. The number of nitrogens with two attached hydrogens (primary N) is 1. The number of aromatic nitrogens is 2. The van der Waals surface area contributed by atoms with Gasteiger partial charge in [0.05, 0.1) is 5.69 Å². The summed E-state index contributed by atoms with van der Waals surface area (Å²) in [6, 6.07) is 2.04. The Morgan fingerprint density at radius 2 is 1.80 bits per heavy atom. The highest BCUT2D eigenvalue weighted by Crippen LogP contribution is 2.61. The van der Waals surface area contributed by atoms with E-state index in [1.54, 1.807) is 23.9 Å². The van der Waals surface area contributed by atoms with Crippen molar-refractivity contribution >= 4 is 5.82 Å². The van der Waals surface area contributed by atoms with Gasteiger partial charge >= 0.3 is 0 Å². The van der Waals surface area contributed by atoms with Crippen LogP contribution < -0.4 is 5.73 Å². The molecule has 0 unspecified atom stereocenters. The van der Waals surface area contributed by atoms with Gasteiger partial charge in [0.1, 0.15) is 5.82 Å². The van der Waals surface area contributed by atoms with Gasteiger partial charge in [0.25, 0.3) is 0 Å². The smallest absolute Gasteiger partial charge is 0.121 e. The molecule has 4 bridgehead atoms. The quantitative estimate of drug-likeness (QED) is 0.912.